The predicted octanol–water partition coefficient (Wildman–Crippen LogP) is 2.22. The standard InChI is InChI=1S/C12H18ClNO2/c1-2-16-12(7-14)9-15-8-10-4-3-5-11(13)6-10/h3-6,12H,2,7-9,14H2,1H3. The van der Waals surface area contributed by atoms with Gasteiger partial charge in [-0.1, -0.05) is 23.7 Å². The molecule has 0 amide bonds. The van der Waals surface area contributed by atoms with Gasteiger partial charge in [0.2, 0.25) is 0 Å². The van der Waals surface area contributed by atoms with E-state index in [1.165, 1.54) is 0 Å². The second kappa shape index (κ2) is 7.63. The Morgan fingerprint density at radius 1 is 1.44 bits per heavy atom. The number of hydrogen-bond donors (Lipinski definition) is 1. The van der Waals surface area contributed by atoms with Crippen molar-refractivity contribution in [3.63, 3.8) is 0 Å². The normalized spacial score (nSPS) is 12.7. The van der Waals surface area contributed by atoms with Crippen molar-refractivity contribution in [2.45, 2.75) is 19.6 Å². The van der Waals surface area contributed by atoms with Crippen LogP contribution >= 0.6 is 11.6 Å². The molecule has 0 aromatic heterocycles. The van der Waals surface area contributed by atoms with Crippen LogP contribution in [0, 0.1) is 0 Å². The van der Waals surface area contributed by atoms with Crippen molar-refractivity contribution < 1.29 is 9.47 Å². The average Bonchev–Trinajstić information content (AvgIpc) is 2.28. The van der Waals surface area contributed by atoms with Crippen LogP contribution in [0.2, 0.25) is 5.02 Å². The Morgan fingerprint density at radius 3 is 2.88 bits per heavy atom. The van der Waals surface area contributed by atoms with E-state index in [-0.39, 0.29) is 6.10 Å². The lowest BCUT2D eigenvalue weighted by Gasteiger charge is -2.14. The van der Waals surface area contributed by atoms with Crippen molar-refractivity contribution in [1.29, 1.82) is 0 Å². The van der Waals surface area contributed by atoms with Crippen LogP contribution in [-0.2, 0) is 16.1 Å². The largest absolute Gasteiger partial charge is 0.375 e. The molecule has 0 fully saturated rings. The summed E-state index contributed by atoms with van der Waals surface area (Å²) in [6, 6.07) is 7.61. The molecule has 0 heterocycles. The van der Waals surface area contributed by atoms with Crippen LogP contribution in [0.15, 0.2) is 24.3 Å². The highest BCUT2D eigenvalue weighted by Gasteiger charge is 2.05. The molecule has 2 N–H and O–H groups in total. The molecule has 0 aliphatic carbocycles. The Morgan fingerprint density at radius 2 is 2.25 bits per heavy atom. The maximum atomic E-state index is 5.86. The summed E-state index contributed by atoms with van der Waals surface area (Å²) in [7, 11) is 0. The Hall–Kier alpha value is -0.610. The van der Waals surface area contributed by atoms with Gasteiger partial charge < -0.3 is 15.2 Å². The molecule has 3 nitrogen and oxygen atoms in total. The summed E-state index contributed by atoms with van der Waals surface area (Å²) in [6.07, 6.45) is -0.0239. The van der Waals surface area contributed by atoms with Gasteiger partial charge in [0, 0.05) is 18.2 Å². The first kappa shape index (κ1) is 13.5. The monoisotopic (exact) mass is 243 g/mol. The molecule has 16 heavy (non-hydrogen) atoms. The minimum absolute atomic E-state index is 0.0239. The van der Waals surface area contributed by atoms with Gasteiger partial charge >= 0.3 is 0 Å². The Bertz CT molecular complexity index is 307. The summed E-state index contributed by atoms with van der Waals surface area (Å²) in [5.74, 6) is 0. The van der Waals surface area contributed by atoms with Crippen LogP contribution in [0.4, 0.5) is 0 Å². The molecule has 1 atom stereocenters. The number of benzene rings is 1. The van der Waals surface area contributed by atoms with Crippen molar-refractivity contribution in [3.05, 3.63) is 34.9 Å². The van der Waals surface area contributed by atoms with E-state index in [2.05, 4.69) is 0 Å². The molecule has 90 valence electrons. The van der Waals surface area contributed by atoms with E-state index in [9.17, 15) is 0 Å². The van der Waals surface area contributed by atoms with Crippen molar-refractivity contribution in [2.75, 3.05) is 19.8 Å². The second-order valence-electron chi connectivity index (χ2n) is 3.46. The van der Waals surface area contributed by atoms with Gasteiger partial charge in [0.05, 0.1) is 19.3 Å². The molecule has 0 bridgehead atoms. The SMILES string of the molecule is CCOC(CN)COCc1cccc(Cl)c1. The molecule has 0 aliphatic heterocycles. The molecule has 1 aromatic rings. The molecular weight excluding hydrogens is 226 g/mol. The van der Waals surface area contributed by atoms with Crippen molar-refractivity contribution in [1.82, 2.24) is 0 Å². The molecule has 0 spiro atoms. The molecule has 0 saturated heterocycles. The fourth-order valence-corrected chi connectivity index (χ4v) is 1.57. The highest BCUT2D eigenvalue weighted by Crippen LogP contribution is 2.11. The molecular formula is C12H18ClNO2. The maximum absolute atomic E-state index is 5.86. The molecule has 1 aromatic carbocycles. The summed E-state index contributed by atoms with van der Waals surface area (Å²) < 4.78 is 10.9. The van der Waals surface area contributed by atoms with Crippen LogP contribution < -0.4 is 5.73 Å². The fourth-order valence-electron chi connectivity index (χ4n) is 1.35. The highest BCUT2D eigenvalue weighted by molar-refractivity contribution is 6.30. The highest BCUT2D eigenvalue weighted by atomic mass is 35.5. The van der Waals surface area contributed by atoms with Gasteiger partial charge in [-0.25, -0.2) is 0 Å². The summed E-state index contributed by atoms with van der Waals surface area (Å²) in [5, 5.41) is 0.723. The Balaban J connectivity index is 2.29. The van der Waals surface area contributed by atoms with Crippen molar-refractivity contribution >= 4 is 11.6 Å². The van der Waals surface area contributed by atoms with E-state index in [0.29, 0.717) is 26.4 Å². The Kier molecular flexibility index (Phi) is 6.42. The van der Waals surface area contributed by atoms with Crippen LogP contribution in [-0.4, -0.2) is 25.9 Å². The molecule has 1 unspecified atom stereocenters. The second-order valence-corrected chi connectivity index (χ2v) is 3.89. The lowest BCUT2D eigenvalue weighted by molar-refractivity contribution is -0.0120. The van der Waals surface area contributed by atoms with Gasteiger partial charge in [-0.2, -0.15) is 0 Å². The number of ether oxygens (including phenoxy) is 2. The third-order valence-corrected chi connectivity index (χ3v) is 2.36. The maximum Gasteiger partial charge on any atom is 0.0930 e. The first-order valence-electron chi connectivity index (χ1n) is 5.40. The molecule has 0 saturated carbocycles. The number of nitrogens with two attached hydrogens (primary N) is 1. The van der Waals surface area contributed by atoms with E-state index in [1.54, 1.807) is 0 Å². The third kappa shape index (κ3) is 4.94. The first-order valence-corrected chi connectivity index (χ1v) is 5.78. The van der Waals surface area contributed by atoms with E-state index < -0.39 is 0 Å². The van der Waals surface area contributed by atoms with Crippen molar-refractivity contribution in [3.8, 4) is 0 Å². The van der Waals surface area contributed by atoms with E-state index in [4.69, 9.17) is 26.8 Å². The average molecular weight is 244 g/mol. The van der Waals surface area contributed by atoms with Gasteiger partial charge in [0.15, 0.2) is 0 Å². The summed E-state index contributed by atoms with van der Waals surface area (Å²) >= 11 is 5.86. The molecule has 0 aliphatic rings. The first-order chi connectivity index (χ1) is 7.76. The van der Waals surface area contributed by atoms with Crippen LogP contribution in [0.5, 0.6) is 0 Å². The third-order valence-electron chi connectivity index (χ3n) is 2.13. The smallest absolute Gasteiger partial charge is 0.0930 e. The zero-order chi connectivity index (χ0) is 11.8. The van der Waals surface area contributed by atoms with Crippen LogP contribution in [0.25, 0.3) is 0 Å². The number of hydrogen-bond acceptors (Lipinski definition) is 3. The quantitative estimate of drug-likeness (QED) is 0.799. The minimum Gasteiger partial charge on any atom is -0.375 e. The fraction of sp³-hybridized carbons (Fsp3) is 0.500. The van der Waals surface area contributed by atoms with Gasteiger partial charge in [-0.3, -0.25) is 0 Å². The van der Waals surface area contributed by atoms with E-state index >= 15 is 0 Å². The van der Waals surface area contributed by atoms with E-state index in [0.717, 1.165) is 10.6 Å². The molecule has 0 radical (unpaired) electrons. The van der Waals surface area contributed by atoms with Gasteiger partial charge in [-0.05, 0) is 24.6 Å². The summed E-state index contributed by atoms with van der Waals surface area (Å²) in [4.78, 5) is 0. The molecule has 1 rings (SSSR count). The topological polar surface area (TPSA) is 44.5 Å². The summed E-state index contributed by atoms with van der Waals surface area (Å²) in [5.41, 5.74) is 6.59. The van der Waals surface area contributed by atoms with Gasteiger partial charge in [0.1, 0.15) is 0 Å². The van der Waals surface area contributed by atoms with Crippen molar-refractivity contribution in [2.24, 2.45) is 5.73 Å². The number of halogens is 1. The Labute approximate surface area is 101 Å². The predicted molar refractivity (Wildman–Crippen MR) is 65.6 cm³/mol. The number of rotatable bonds is 7. The van der Waals surface area contributed by atoms with Crippen LogP contribution in [0.1, 0.15) is 12.5 Å². The zero-order valence-electron chi connectivity index (χ0n) is 9.49. The lowest BCUT2D eigenvalue weighted by Crippen LogP contribution is -2.28. The van der Waals surface area contributed by atoms with Gasteiger partial charge in [-0.15, -0.1) is 0 Å². The zero-order valence-corrected chi connectivity index (χ0v) is 10.2. The van der Waals surface area contributed by atoms with E-state index in [1.807, 2.05) is 31.2 Å². The molecule has 4 heteroatoms. The summed E-state index contributed by atoms with van der Waals surface area (Å²) in [6.45, 7) is 4.12. The van der Waals surface area contributed by atoms with Gasteiger partial charge in [0.25, 0.3) is 0 Å². The lowest BCUT2D eigenvalue weighted by atomic mass is 10.2. The van der Waals surface area contributed by atoms with Crippen LogP contribution in [0.3, 0.4) is 0 Å². The minimum atomic E-state index is -0.0239.